The molecule has 138 valence electrons. The van der Waals surface area contributed by atoms with Crippen molar-refractivity contribution in [1.29, 1.82) is 0 Å². The Morgan fingerprint density at radius 2 is 2.04 bits per heavy atom. The summed E-state index contributed by atoms with van der Waals surface area (Å²) in [4.78, 5) is 18.8. The molecule has 0 aliphatic carbocycles. The Hall–Kier alpha value is -2.60. The molecule has 1 aromatic heterocycles. The summed E-state index contributed by atoms with van der Waals surface area (Å²) >= 11 is 0. The third-order valence-electron chi connectivity index (χ3n) is 4.52. The summed E-state index contributed by atoms with van der Waals surface area (Å²) < 4.78 is 5.45. The molecule has 1 aliphatic heterocycles. The molecule has 0 radical (unpaired) electrons. The fourth-order valence-corrected chi connectivity index (χ4v) is 2.85. The number of hydrogen-bond donors (Lipinski definition) is 2. The molecule has 1 atom stereocenters. The Labute approximate surface area is 154 Å². The van der Waals surface area contributed by atoms with Gasteiger partial charge in [0, 0.05) is 31.0 Å². The summed E-state index contributed by atoms with van der Waals surface area (Å²) in [5.74, 6) is -0.149. The number of rotatable bonds is 6. The Morgan fingerprint density at radius 3 is 2.81 bits per heavy atom. The summed E-state index contributed by atoms with van der Waals surface area (Å²) in [7, 11) is 0. The Bertz CT molecular complexity index is 744. The Morgan fingerprint density at radius 1 is 1.27 bits per heavy atom. The molecular formula is C20H26N4O2. The first-order chi connectivity index (χ1) is 12.7. The number of amides is 1. The third kappa shape index (κ3) is 4.52. The molecule has 0 bridgehead atoms. The molecule has 26 heavy (non-hydrogen) atoms. The van der Waals surface area contributed by atoms with Crippen molar-refractivity contribution >= 4 is 23.0 Å². The number of nitrogens with zero attached hydrogens (tertiary/aromatic N) is 2. The second kappa shape index (κ2) is 8.67. The van der Waals surface area contributed by atoms with E-state index in [1.54, 1.807) is 12.3 Å². The minimum atomic E-state index is -0.149. The van der Waals surface area contributed by atoms with Gasteiger partial charge in [0.15, 0.2) is 0 Å². The first kappa shape index (κ1) is 18.2. The van der Waals surface area contributed by atoms with Gasteiger partial charge in [0.1, 0.15) is 5.69 Å². The molecule has 1 aliphatic rings. The van der Waals surface area contributed by atoms with Crippen molar-refractivity contribution < 1.29 is 9.53 Å². The average Bonchev–Trinajstić information content (AvgIpc) is 2.69. The van der Waals surface area contributed by atoms with Crippen LogP contribution >= 0.6 is 0 Å². The van der Waals surface area contributed by atoms with Gasteiger partial charge in [-0.05, 0) is 37.6 Å². The van der Waals surface area contributed by atoms with Gasteiger partial charge in [0.05, 0.1) is 24.6 Å². The van der Waals surface area contributed by atoms with Crippen LogP contribution in [0.2, 0.25) is 0 Å². The SMILES string of the molecule is CCC(C)NC(=O)c1cc(Nc2ccccc2N2CCOCC2)ccn1. The molecule has 0 spiro atoms. The normalized spacial score (nSPS) is 15.4. The van der Waals surface area contributed by atoms with E-state index in [0.29, 0.717) is 5.69 Å². The van der Waals surface area contributed by atoms with Gasteiger partial charge in [-0.1, -0.05) is 19.1 Å². The molecule has 1 amide bonds. The van der Waals surface area contributed by atoms with Crippen molar-refractivity contribution in [3.05, 3.63) is 48.3 Å². The standard InChI is InChI=1S/C20H26N4O2/c1-3-15(2)22-20(25)18-14-16(8-9-21-18)23-17-6-4-5-7-19(17)24-10-12-26-13-11-24/h4-9,14-15H,3,10-13H2,1-2H3,(H,21,23)(H,22,25). The molecule has 2 heterocycles. The zero-order chi connectivity index (χ0) is 18.4. The van der Waals surface area contributed by atoms with Crippen molar-refractivity contribution in [3.63, 3.8) is 0 Å². The van der Waals surface area contributed by atoms with Crippen LogP contribution in [0.15, 0.2) is 42.6 Å². The van der Waals surface area contributed by atoms with Gasteiger partial charge in [-0.3, -0.25) is 9.78 Å². The lowest BCUT2D eigenvalue weighted by Gasteiger charge is -2.30. The molecule has 6 heteroatoms. The van der Waals surface area contributed by atoms with Crippen LogP contribution in [0.4, 0.5) is 17.1 Å². The maximum Gasteiger partial charge on any atom is 0.270 e. The van der Waals surface area contributed by atoms with Crippen molar-refractivity contribution in [2.75, 3.05) is 36.5 Å². The Balaban J connectivity index is 1.77. The van der Waals surface area contributed by atoms with E-state index in [-0.39, 0.29) is 11.9 Å². The number of carbonyl (C=O) groups is 1. The van der Waals surface area contributed by atoms with Crippen LogP contribution in [0.5, 0.6) is 0 Å². The van der Waals surface area contributed by atoms with Crippen LogP contribution in [0.1, 0.15) is 30.8 Å². The zero-order valence-electron chi connectivity index (χ0n) is 15.4. The molecule has 1 unspecified atom stereocenters. The maximum absolute atomic E-state index is 12.3. The number of morpholine rings is 1. The topological polar surface area (TPSA) is 66.5 Å². The summed E-state index contributed by atoms with van der Waals surface area (Å²) in [5.41, 5.74) is 3.40. The molecule has 6 nitrogen and oxygen atoms in total. The smallest absolute Gasteiger partial charge is 0.270 e. The second-order valence-corrected chi connectivity index (χ2v) is 6.45. The fraction of sp³-hybridized carbons (Fsp3) is 0.400. The highest BCUT2D eigenvalue weighted by Crippen LogP contribution is 2.29. The number of aromatic nitrogens is 1. The molecular weight excluding hydrogens is 328 g/mol. The van der Waals surface area contributed by atoms with Gasteiger partial charge in [-0.15, -0.1) is 0 Å². The molecule has 1 saturated heterocycles. The van der Waals surface area contributed by atoms with E-state index in [9.17, 15) is 4.79 Å². The van der Waals surface area contributed by atoms with Crippen LogP contribution in [0.25, 0.3) is 0 Å². The van der Waals surface area contributed by atoms with Gasteiger partial charge >= 0.3 is 0 Å². The third-order valence-corrected chi connectivity index (χ3v) is 4.52. The van der Waals surface area contributed by atoms with Crippen LogP contribution in [0.3, 0.4) is 0 Å². The van der Waals surface area contributed by atoms with Crippen molar-refractivity contribution in [2.45, 2.75) is 26.3 Å². The second-order valence-electron chi connectivity index (χ2n) is 6.45. The zero-order valence-corrected chi connectivity index (χ0v) is 15.4. The lowest BCUT2D eigenvalue weighted by atomic mass is 10.2. The van der Waals surface area contributed by atoms with E-state index < -0.39 is 0 Å². The van der Waals surface area contributed by atoms with Crippen molar-refractivity contribution in [1.82, 2.24) is 10.3 Å². The van der Waals surface area contributed by atoms with Gasteiger partial charge in [0.25, 0.3) is 5.91 Å². The highest BCUT2D eigenvalue weighted by molar-refractivity contribution is 5.93. The van der Waals surface area contributed by atoms with Gasteiger partial charge in [-0.2, -0.15) is 0 Å². The van der Waals surface area contributed by atoms with Crippen molar-refractivity contribution in [2.24, 2.45) is 0 Å². The van der Waals surface area contributed by atoms with Crippen LogP contribution < -0.4 is 15.5 Å². The van der Waals surface area contributed by atoms with E-state index in [4.69, 9.17) is 4.74 Å². The molecule has 0 saturated carbocycles. The van der Waals surface area contributed by atoms with E-state index in [2.05, 4.69) is 26.6 Å². The van der Waals surface area contributed by atoms with E-state index in [0.717, 1.165) is 49.8 Å². The number of anilines is 3. The highest BCUT2D eigenvalue weighted by atomic mass is 16.5. The number of para-hydroxylation sites is 2. The molecule has 1 fully saturated rings. The molecule has 2 N–H and O–H groups in total. The predicted octanol–water partition coefficient (Wildman–Crippen LogP) is 3.19. The molecule has 2 aromatic rings. The Kier molecular flexibility index (Phi) is 6.07. The number of ether oxygens (including phenoxy) is 1. The number of benzene rings is 1. The van der Waals surface area contributed by atoms with E-state index in [1.807, 2.05) is 38.1 Å². The first-order valence-electron chi connectivity index (χ1n) is 9.13. The first-order valence-corrected chi connectivity index (χ1v) is 9.13. The summed E-state index contributed by atoms with van der Waals surface area (Å²) in [6.07, 6.45) is 2.54. The quantitative estimate of drug-likeness (QED) is 0.834. The minimum Gasteiger partial charge on any atom is -0.378 e. The molecule has 1 aromatic carbocycles. The number of hydrogen-bond acceptors (Lipinski definition) is 5. The van der Waals surface area contributed by atoms with Crippen LogP contribution in [-0.4, -0.2) is 43.2 Å². The predicted molar refractivity (Wildman–Crippen MR) is 104 cm³/mol. The largest absolute Gasteiger partial charge is 0.378 e. The van der Waals surface area contributed by atoms with Gasteiger partial charge in [-0.25, -0.2) is 0 Å². The number of pyridine rings is 1. The van der Waals surface area contributed by atoms with Crippen molar-refractivity contribution in [3.8, 4) is 0 Å². The average molecular weight is 354 g/mol. The lowest BCUT2D eigenvalue weighted by molar-refractivity contribution is 0.0934. The van der Waals surface area contributed by atoms with Gasteiger partial charge < -0.3 is 20.3 Å². The van der Waals surface area contributed by atoms with E-state index >= 15 is 0 Å². The summed E-state index contributed by atoms with van der Waals surface area (Å²) in [6.45, 7) is 7.25. The highest BCUT2D eigenvalue weighted by Gasteiger charge is 2.15. The monoisotopic (exact) mass is 354 g/mol. The van der Waals surface area contributed by atoms with Gasteiger partial charge in [0.2, 0.25) is 0 Å². The summed E-state index contributed by atoms with van der Waals surface area (Å²) in [5, 5.41) is 6.38. The fourth-order valence-electron chi connectivity index (χ4n) is 2.85. The number of carbonyl (C=O) groups excluding carboxylic acids is 1. The molecule has 3 rings (SSSR count). The maximum atomic E-state index is 12.3. The number of nitrogens with one attached hydrogen (secondary N) is 2. The van der Waals surface area contributed by atoms with E-state index in [1.165, 1.54) is 0 Å². The lowest BCUT2D eigenvalue weighted by Crippen LogP contribution is -2.36. The minimum absolute atomic E-state index is 0.128. The van der Waals surface area contributed by atoms with Crippen LogP contribution in [0, 0.1) is 0 Å². The summed E-state index contributed by atoms with van der Waals surface area (Å²) in [6, 6.07) is 12.0. The van der Waals surface area contributed by atoms with Crippen LogP contribution in [-0.2, 0) is 4.74 Å².